The van der Waals surface area contributed by atoms with Crippen LogP contribution in [0.4, 0.5) is 23.2 Å². The van der Waals surface area contributed by atoms with Gasteiger partial charge >= 0.3 is 18.0 Å². The predicted molar refractivity (Wildman–Crippen MR) is 72.5 cm³/mol. The summed E-state index contributed by atoms with van der Waals surface area (Å²) in [6.07, 6.45) is -4.93. The number of alkyl halides is 3. The quantitative estimate of drug-likeness (QED) is 0.683. The minimum absolute atomic E-state index is 0.00963. The van der Waals surface area contributed by atoms with Gasteiger partial charge in [-0.05, 0) is 25.1 Å². The van der Waals surface area contributed by atoms with Crippen LogP contribution in [-0.4, -0.2) is 29.8 Å². The third kappa shape index (κ3) is 4.67. The Hall–Kier alpha value is -2.63. The Morgan fingerprint density at radius 3 is 2.52 bits per heavy atom. The normalized spacial score (nSPS) is 12.2. The molecular formula is C14H13F4N3O2. The Kier molecular flexibility index (Phi) is 5.68. The van der Waals surface area contributed by atoms with E-state index in [0.717, 1.165) is 11.0 Å². The molecule has 0 spiro atoms. The maximum atomic E-state index is 13.1. The fourth-order valence-electron chi connectivity index (χ4n) is 1.63. The molecule has 0 radical (unpaired) electrons. The SMILES string of the molecule is C[C@@H](CC#N)N(C)C(=O)C(=O)Nc1ccc(F)c(C(F)(F)F)c1. The number of nitrogens with one attached hydrogen (secondary N) is 1. The van der Waals surface area contributed by atoms with Crippen molar-refractivity contribution in [2.45, 2.75) is 25.6 Å². The van der Waals surface area contributed by atoms with Crippen LogP contribution in [-0.2, 0) is 15.8 Å². The number of hydrogen-bond acceptors (Lipinski definition) is 3. The van der Waals surface area contributed by atoms with Crippen LogP contribution in [0.15, 0.2) is 18.2 Å². The third-order valence-corrected chi connectivity index (χ3v) is 3.09. The van der Waals surface area contributed by atoms with E-state index in [2.05, 4.69) is 0 Å². The van der Waals surface area contributed by atoms with Crippen LogP contribution in [0.2, 0.25) is 0 Å². The molecule has 0 unspecified atom stereocenters. The highest BCUT2D eigenvalue weighted by Gasteiger charge is 2.34. The summed E-state index contributed by atoms with van der Waals surface area (Å²) in [6, 6.07) is 3.15. The molecular weight excluding hydrogens is 318 g/mol. The Bertz CT molecular complexity index is 652. The zero-order valence-electron chi connectivity index (χ0n) is 12.2. The lowest BCUT2D eigenvalue weighted by Crippen LogP contribution is -2.42. The largest absolute Gasteiger partial charge is 0.419 e. The van der Waals surface area contributed by atoms with E-state index in [1.165, 1.54) is 14.0 Å². The van der Waals surface area contributed by atoms with Gasteiger partial charge in [0.2, 0.25) is 0 Å². The van der Waals surface area contributed by atoms with Crippen LogP contribution in [0.25, 0.3) is 0 Å². The lowest BCUT2D eigenvalue weighted by molar-refractivity contribution is -0.143. The first kappa shape index (κ1) is 18.4. The van der Waals surface area contributed by atoms with Gasteiger partial charge in [0, 0.05) is 18.8 Å². The Balaban J connectivity index is 2.90. The molecule has 124 valence electrons. The molecule has 0 aromatic heterocycles. The van der Waals surface area contributed by atoms with Gasteiger partial charge in [0.05, 0.1) is 18.1 Å². The number of hydrogen-bond donors (Lipinski definition) is 1. The van der Waals surface area contributed by atoms with Gasteiger partial charge in [0.1, 0.15) is 5.82 Å². The van der Waals surface area contributed by atoms with E-state index in [4.69, 9.17) is 5.26 Å². The highest BCUT2D eigenvalue weighted by Crippen LogP contribution is 2.32. The fraction of sp³-hybridized carbons (Fsp3) is 0.357. The number of halogens is 4. The van der Waals surface area contributed by atoms with Gasteiger partial charge in [-0.1, -0.05) is 0 Å². The van der Waals surface area contributed by atoms with Crippen molar-refractivity contribution in [3.8, 4) is 6.07 Å². The van der Waals surface area contributed by atoms with Crippen molar-refractivity contribution in [3.63, 3.8) is 0 Å². The van der Waals surface area contributed by atoms with E-state index in [0.29, 0.717) is 12.1 Å². The molecule has 1 atom stereocenters. The van der Waals surface area contributed by atoms with Crippen molar-refractivity contribution in [2.75, 3.05) is 12.4 Å². The molecule has 1 aromatic rings. The maximum absolute atomic E-state index is 13.1. The van der Waals surface area contributed by atoms with E-state index in [1.807, 2.05) is 11.4 Å². The van der Waals surface area contributed by atoms with Crippen LogP contribution in [0.3, 0.4) is 0 Å². The number of nitriles is 1. The second-order valence-electron chi connectivity index (χ2n) is 4.77. The van der Waals surface area contributed by atoms with Gasteiger partial charge in [0.25, 0.3) is 0 Å². The van der Waals surface area contributed by atoms with Gasteiger partial charge in [-0.25, -0.2) is 4.39 Å². The van der Waals surface area contributed by atoms with Gasteiger partial charge < -0.3 is 10.2 Å². The summed E-state index contributed by atoms with van der Waals surface area (Å²) in [5.74, 6) is -3.69. The van der Waals surface area contributed by atoms with Crippen molar-refractivity contribution in [3.05, 3.63) is 29.6 Å². The Morgan fingerprint density at radius 1 is 1.39 bits per heavy atom. The van der Waals surface area contributed by atoms with Crippen LogP contribution in [0, 0.1) is 17.1 Å². The van der Waals surface area contributed by atoms with Gasteiger partial charge in [-0.3, -0.25) is 9.59 Å². The molecule has 1 N–H and O–H groups in total. The molecule has 0 fully saturated rings. The number of carbonyl (C=O) groups is 2. The van der Waals surface area contributed by atoms with E-state index < -0.39 is 35.4 Å². The number of anilines is 1. The average molecular weight is 331 g/mol. The maximum Gasteiger partial charge on any atom is 0.419 e. The first-order valence-corrected chi connectivity index (χ1v) is 6.39. The summed E-state index contributed by atoms with van der Waals surface area (Å²) in [5.41, 5.74) is -1.91. The van der Waals surface area contributed by atoms with Crippen LogP contribution < -0.4 is 5.32 Å². The topological polar surface area (TPSA) is 73.2 Å². The number of nitrogens with zero attached hydrogens (tertiary/aromatic N) is 2. The van der Waals surface area contributed by atoms with E-state index in [1.54, 1.807) is 0 Å². The highest BCUT2D eigenvalue weighted by atomic mass is 19.4. The molecule has 0 saturated heterocycles. The molecule has 23 heavy (non-hydrogen) atoms. The van der Waals surface area contributed by atoms with Crippen LogP contribution >= 0.6 is 0 Å². The number of likely N-dealkylation sites (N-methyl/N-ethyl adjacent to an activating group) is 1. The van der Waals surface area contributed by atoms with Crippen LogP contribution in [0.5, 0.6) is 0 Å². The molecule has 0 bridgehead atoms. The second kappa shape index (κ2) is 7.09. The lowest BCUT2D eigenvalue weighted by Gasteiger charge is -2.22. The van der Waals surface area contributed by atoms with E-state index in [9.17, 15) is 27.2 Å². The number of benzene rings is 1. The van der Waals surface area contributed by atoms with Gasteiger partial charge in [-0.2, -0.15) is 18.4 Å². The van der Waals surface area contributed by atoms with Crippen molar-refractivity contribution >= 4 is 17.5 Å². The molecule has 9 heteroatoms. The van der Waals surface area contributed by atoms with Crippen LogP contribution in [0.1, 0.15) is 18.9 Å². The molecule has 0 heterocycles. The molecule has 0 saturated carbocycles. The summed E-state index contributed by atoms with van der Waals surface area (Å²) in [5, 5.41) is 10.5. The molecule has 2 amide bonds. The van der Waals surface area contributed by atoms with E-state index in [-0.39, 0.29) is 12.1 Å². The molecule has 0 aliphatic carbocycles. The number of carbonyl (C=O) groups excluding carboxylic acids is 2. The zero-order chi connectivity index (χ0) is 17.8. The van der Waals surface area contributed by atoms with Gasteiger partial charge in [0.15, 0.2) is 0 Å². The smallest absolute Gasteiger partial charge is 0.334 e. The summed E-state index contributed by atoms with van der Waals surface area (Å²) in [7, 11) is 1.29. The fourth-order valence-corrected chi connectivity index (χ4v) is 1.63. The minimum Gasteiger partial charge on any atom is -0.334 e. The summed E-state index contributed by atoms with van der Waals surface area (Å²) in [6.45, 7) is 1.54. The summed E-state index contributed by atoms with van der Waals surface area (Å²) >= 11 is 0. The Morgan fingerprint density at radius 2 is 2.00 bits per heavy atom. The first-order chi connectivity index (χ1) is 10.6. The highest BCUT2D eigenvalue weighted by molar-refractivity contribution is 6.39. The third-order valence-electron chi connectivity index (χ3n) is 3.09. The summed E-state index contributed by atoms with van der Waals surface area (Å²) < 4.78 is 50.9. The standard InChI is InChI=1S/C14H13F4N3O2/c1-8(5-6-19)21(2)13(23)12(22)20-9-3-4-11(15)10(7-9)14(16,17)18/h3-4,7-8H,5H2,1-2H3,(H,20,22)/t8-/m0/s1. The number of rotatable bonds is 3. The van der Waals surface area contributed by atoms with Crippen molar-refractivity contribution in [1.82, 2.24) is 4.90 Å². The number of amides is 2. The first-order valence-electron chi connectivity index (χ1n) is 6.39. The van der Waals surface area contributed by atoms with Gasteiger partial charge in [-0.15, -0.1) is 0 Å². The molecule has 1 rings (SSSR count). The monoisotopic (exact) mass is 331 g/mol. The lowest BCUT2D eigenvalue weighted by atomic mass is 10.1. The zero-order valence-corrected chi connectivity index (χ0v) is 12.2. The molecule has 1 aromatic carbocycles. The molecule has 0 aliphatic heterocycles. The van der Waals surface area contributed by atoms with E-state index >= 15 is 0 Å². The average Bonchev–Trinajstić information content (AvgIpc) is 2.46. The summed E-state index contributed by atoms with van der Waals surface area (Å²) in [4.78, 5) is 24.6. The van der Waals surface area contributed by atoms with Crippen molar-refractivity contribution in [2.24, 2.45) is 0 Å². The predicted octanol–water partition coefficient (Wildman–Crippen LogP) is 2.54. The molecule has 0 aliphatic rings. The second-order valence-corrected chi connectivity index (χ2v) is 4.77. The van der Waals surface area contributed by atoms with Crippen molar-refractivity contribution < 1.29 is 27.2 Å². The molecule has 5 nitrogen and oxygen atoms in total. The van der Waals surface area contributed by atoms with Crippen molar-refractivity contribution in [1.29, 1.82) is 5.26 Å². The Labute approximate surface area is 129 Å². The minimum atomic E-state index is -4.92.